The van der Waals surface area contributed by atoms with Crippen molar-refractivity contribution in [3.63, 3.8) is 0 Å². The second-order valence-corrected chi connectivity index (χ2v) is 4.55. The fourth-order valence-electron chi connectivity index (χ4n) is 1.67. The predicted octanol–water partition coefficient (Wildman–Crippen LogP) is 2.66. The van der Waals surface area contributed by atoms with Crippen molar-refractivity contribution in [1.82, 2.24) is 4.98 Å². The Kier molecular flexibility index (Phi) is 3.99. The lowest BCUT2D eigenvalue weighted by molar-refractivity contribution is 0.398. The standard InChI is InChI=1S/C12H21N3O/c1-5-8-12(2,3)15-11-9(13)6-7-10(14-11)16-4/h6-7H,5,8,13H2,1-4H3,(H,14,15). The molecule has 0 amide bonds. The van der Waals surface area contributed by atoms with Gasteiger partial charge in [0.15, 0.2) is 5.82 Å². The van der Waals surface area contributed by atoms with Crippen molar-refractivity contribution < 1.29 is 4.74 Å². The second kappa shape index (κ2) is 5.05. The first-order chi connectivity index (χ1) is 7.48. The summed E-state index contributed by atoms with van der Waals surface area (Å²) in [6.07, 6.45) is 2.18. The van der Waals surface area contributed by atoms with Crippen molar-refractivity contribution in [3.8, 4) is 5.88 Å². The molecule has 0 aromatic carbocycles. The summed E-state index contributed by atoms with van der Waals surface area (Å²) < 4.78 is 5.08. The molecule has 0 unspecified atom stereocenters. The number of nitrogen functional groups attached to an aromatic ring is 1. The molecule has 0 aliphatic heterocycles. The molecule has 1 heterocycles. The maximum atomic E-state index is 5.87. The molecule has 0 bridgehead atoms. The van der Waals surface area contributed by atoms with Crippen LogP contribution in [0, 0.1) is 0 Å². The summed E-state index contributed by atoms with van der Waals surface area (Å²) in [5.41, 5.74) is 6.50. The van der Waals surface area contributed by atoms with Gasteiger partial charge in [-0.1, -0.05) is 13.3 Å². The lowest BCUT2D eigenvalue weighted by Gasteiger charge is -2.27. The third kappa shape index (κ3) is 3.29. The highest BCUT2D eigenvalue weighted by Crippen LogP contribution is 2.24. The monoisotopic (exact) mass is 223 g/mol. The van der Waals surface area contributed by atoms with Gasteiger partial charge in [0.2, 0.25) is 5.88 Å². The van der Waals surface area contributed by atoms with Gasteiger partial charge in [-0.05, 0) is 26.3 Å². The summed E-state index contributed by atoms with van der Waals surface area (Å²) >= 11 is 0. The topological polar surface area (TPSA) is 60.2 Å². The molecule has 1 aromatic rings. The van der Waals surface area contributed by atoms with Crippen LogP contribution in [-0.4, -0.2) is 17.6 Å². The van der Waals surface area contributed by atoms with Crippen LogP contribution in [0.4, 0.5) is 11.5 Å². The molecule has 90 valence electrons. The van der Waals surface area contributed by atoms with Crippen LogP contribution >= 0.6 is 0 Å². The zero-order valence-electron chi connectivity index (χ0n) is 10.5. The highest BCUT2D eigenvalue weighted by molar-refractivity contribution is 5.62. The van der Waals surface area contributed by atoms with Gasteiger partial charge in [0.25, 0.3) is 0 Å². The molecule has 0 atom stereocenters. The van der Waals surface area contributed by atoms with Crippen molar-refractivity contribution in [2.75, 3.05) is 18.2 Å². The van der Waals surface area contributed by atoms with E-state index in [-0.39, 0.29) is 5.54 Å². The zero-order valence-corrected chi connectivity index (χ0v) is 10.5. The van der Waals surface area contributed by atoms with Crippen LogP contribution < -0.4 is 15.8 Å². The van der Waals surface area contributed by atoms with E-state index in [1.165, 1.54) is 0 Å². The number of ether oxygens (including phenoxy) is 1. The summed E-state index contributed by atoms with van der Waals surface area (Å²) in [4.78, 5) is 4.30. The van der Waals surface area contributed by atoms with Crippen LogP contribution in [-0.2, 0) is 0 Å². The first-order valence-electron chi connectivity index (χ1n) is 5.57. The van der Waals surface area contributed by atoms with Crippen molar-refractivity contribution >= 4 is 11.5 Å². The number of nitrogens with zero attached hydrogens (tertiary/aromatic N) is 1. The minimum atomic E-state index is -0.0117. The Morgan fingerprint density at radius 2 is 2.12 bits per heavy atom. The Balaban J connectivity index is 2.87. The fraction of sp³-hybridized carbons (Fsp3) is 0.583. The SMILES string of the molecule is CCCC(C)(C)Nc1nc(OC)ccc1N. The summed E-state index contributed by atoms with van der Waals surface area (Å²) in [5, 5.41) is 3.35. The third-order valence-electron chi connectivity index (χ3n) is 2.44. The molecule has 4 heteroatoms. The van der Waals surface area contributed by atoms with E-state index in [1.54, 1.807) is 19.2 Å². The Morgan fingerprint density at radius 1 is 1.44 bits per heavy atom. The molecule has 4 nitrogen and oxygen atoms in total. The van der Waals surface area contributed by atoms with E-state index < -0.39 is 0 Å². The third-order valence-corrected chi connectivity index (χ3v) is 2.44. The second-order valence-electron chi connectivity index (χ2n) is 4.55. The molecular weight excluding hydrogens is 202 g/mol. The van der Waals surface area contributed by atoms with E-state index in [4.69, 9.17) is 10.5 Å². The first kappa shape index (κ1) is 12.6. The number of nitrogens with one attached hydrogen (secondary N) is 1. The molecule has 0 aliphatic rings. The lowest BCUT2D eigenvalue weighted by Crippen LogP contribution is -2.31. The van der Waals surface area contributed by atoms with E-state index in [0.717, 1.165) is 12.8 Å². The van der Waals surface area contributed by atoms with Gasteiger partial charge in [-0.2, -0.15) is 4.98 Å². The van der Waals surface area contributed by atoms with Crippen molar-refractivity contribution in [3.05, 3.63) is 12.1 Å². The molecule has 0 spiro atoms. The number of methoxy groups -OCH3 is 1. The van der Waals surface area contributed by atoms with E-state index in [1.807, 2.05) is 0 Å². The maximum absolute atomic E-state index is 5.87. The summed E-state index contributed by atoms with van der Waals surface area (Å²) in [6, 6.07) is 3.56. The number of rotatable bonds is 5. The van der Waals surface area contributed by atoms with Crippen molar-refractivity contribution in [1.29, 1.82) is 0 Å². The van der Waals surface area contributed by atoms with Crippen LogP contribution in [0.1, 0.15) is 33.6 Å². The molecule has 1 aromatic heterocycles. The Morgan fingerprint density at radius 3 is 2.69 bits per heavy atom. The van der Waals surface area contributed by atoms with Gasteiger partial charge >= 0.3 is 0 Å². The maximum Gasteiger partial charge on any atom is 0.215 e. The molecule has 0 saturated carbocycles. The van der Waals surface area contributed by atoms with E-state index in [9.17, 15) is 0 Å². The highest BCUT2D eigenvalue weighted by atomic mass is 16.5. The van der Waals surface area contributed by atoms with Crippen LogP contribution in [0.5, 0.6) is 5.88 Å². The van der Waals surface area contributed by atoms with E-state index in [2.05, 4.69) is 31.1 Å². The molecule has 3 N–H and O–H groups in total. The summed E-state index contributed by atoms with van der Waals surface area (Å²) in [6.45, 7) is 6.43. The molecule has 0 fully saturated rings. The molecule has 0 radical (unpaired) electrons. The van der Waals surface area contributed by atoms with Gasteiger partial charge < -0.3 is 15.8 Å². The van der Waals surface area contributed by atoms with Gasteiger partial charge in [0.1, 0.15) is 0 Å². The number of hydrogen-bond donors (Lipinski definition) is 2. The van der Waals surface area contributed by atoms with Crippen LogP contribution in [0.2, 0.25) is 0 Å². The van der Waals surface area contributed by atoms with Crippen LogP contribution in [0.3, 0.4) is 0 Å². The van der Waals surface area contributed by atoms with Crippen LogP contribution in [0.25, 0.3) is 0 Å². The predicted molar refractivity (Wildman–Crippen MR) is 67.8 cm³/mol. The molecular formula is C12H21N3O. The highest BCUT2D eigenvalue weighted by Gasteiger charge is 2.18. The minimum Gasteiger partial charge on any atom is -0.481 e. The zero-order chi connectivity index (χ0) is 12.2. The smallest absolute Gasteiger partial charge is 0.215 e. The molecule has 0 aliphatic carbocycles. The average Bonchev–Trinajstić information content (AvgIpc) is 2.21. The molecule has 16 heavy (non-hydrogen) atoms. The number of pyridine rings is 1. The Hall–Kier alpha value is -1.45. The first-order valence-corrected chi connectivity index (χ1v) is 5.57. The van der Waals surface area contributed by atoms with Gasteiger partial charge in [-0.15, -0.1) is 0 Å². The van der Waals surface area contributed by atoms with Gasteiger partial charge in [0, 0.05) is 11.6 Å². The average molecular weight is 223 g/mol. The molecule has 0 saturated heterocycles. The van der Waals surface area contributed by atoms with Crippen LogP contribution in [0.15, 0.2) is 12.1 Å². The van der Waals surface area contributed by atoms with E-state index in [0.29, 0.717) is 17.4 Å². The summed E-state index contributed by atoms with van der Waals surface area (Å²) in [7, 11) is 1.60. The fourth-order valence-corrected chi connectivity index (χ4v) is 1.67. The van der Waals surface area contributed by atoms with Gasteiger partial charge in [-0.25, -0.2) is 0 Å². The number of hydrogen-bond acceptors (Lipinski definition) is 4. The Labute approximate surface area is 97.2 Å². The summed E-state index contributed by atoms with van der Waals surface area (Å²) in [5.74, 6) is 1.27. The molecule has 1 rings (SSSR count). The quantitative estimate of drug-likeness (QED) is 0.805. The minimum absolute atomic E-state index is 0.0117. The normalized spacial score (nSPS) is 11.2. The van der Waals surface area contributed by atoms with Crippen molar-refractivity contribution in [2.45, 2.75) is 39.2 Å². The Bertz CT molecular complexity index is 350. The largest absolute Gasteiger partial charge is 0.481 e. The number of anilines is 2. The van der Waals surface area contributed by atoms with E-state index >= 15 is 0 Å². The van der Waals surface area contributed by atoms with Crippen molar-refractivity contribution in [2.24, 2.45) is 0 Å². The van der Waals surface area contributed by atoms with Gasteiger partial charge in [0.05, 0.1) is 12.8 Å². The lowest BCUT2D eigenvalue weighted by atomic mass is 9.99. The number of aromatic nitrogens is 1. The number of nitrogens with two attached hydrogens (primary N) is 1. The van der Waals surface area contributed by atoms with Gasteiger partial charge in [-0.3, -0.25) is 0 Å².